The van der Waals surface area contributed by atoms with Crippen LogP contribution in [0.25, 0.3) is 5.57 Å². The lowest BCUT2D eigenvalue weighted by atomic mass is 9.98. The third-order valence-electron chi connectivity index (χ3n) is 4.46. The van der Waals surface area contributed by atoms with Crippen molar-refractivity contribution in [3.8, 4) is 0 Å². The predicted octanol–water partition coefficient (Wildman–Crippen LogP) is 5.91. The second-order valence-corrected chi connectivity index (χ2v) is 6.77. The summed E-state index contributed by atoms with van der Waals surface area (Å²) in [5, 5.41) is 3.31. The molecule has 2 aromatic rings. The number of nitrogens with one attached hydrogen (secondary N) is 1. The highest BCUT2D eigenvalue weighted by Crippen LogP contribution is 2.33. The summed E-state index contributed by atoms with van der Waals surface area (Å²) in [6, 6.07) is 12.9. The van der Waals surface area contributed by atoms with Crippen molar-refractivity contribution in [1.82, 2.24) is 5.32 Å². The summed E-state index contributed by atoms with van der Waals surface area (Å²) < 4.78 is 40.1. The number of allylic oxidation sites excluding steroid dienone is 4. The molecular formula is C27H39F3N4. The van der Waals surface area contributed by atoms with Crippen molar-refractivity contribution in [2.24, 2.45) is 11.5 Å². The molecule has 34 heavy (non-hydrogen) atoms. The van der Waals surface area contributed by atoms with E-state index in [1.807, 2.05) is 50.3 Å². The monoisotopic (exact) mass is 476 g/mol. The van der Waals surface area contributed by atoms with Gasteiger partial charge in [0.2, 0.25) is 0 Å². The Hall–Kier alpha value is -3.03. The molecule has 0 aliphatic heterocycles. The van der Waals surface area contributed by atoms with Crippen LogP contribution >= 0.6 is 0 Å². The van der Waals surface area contributed by atoms with E-state index in [2.05, 4.69) is 18.0 Å². The zero-order valence-electron chi connectivity index (χ0n) is 20.6. The topological polar surface area (TPSA) is 90.1 Å². The molecule has 0 aliphatic carbocycles. The molecule has 4 nitrogen and oxygen atoms in total. The second-order valence-electron chi connectivity index (χ2n) is 6.77. The average Bonchev–Trinajstić information content (AvgIpc) is 2.85. The summed E-state index contributed by atoms with van der Waals surface area (Å²) in [5.41, 5.74) is 18.7. The lowest BCUT2D eigenvalue weighted by molar-refractivity contribution is -0.138. The third kappa shape index (κ3) is 10.7. The molecule has 7 N–H and O–H groups in total. The molecule has 0 bridgehead atoms. The van der Waals surface area contributed by atoms with E-state index in [1.165, 1.54) is 19.2 Å². The smallest absolute Gasteiger partial charge is 0.398 e. The van der Waals surface area contributed by atoms with Crippen LogP contribution < -0.4 is 22.5 Å². The molecule has 2 rings (SSSR count). The van der Waals surface area contributed by atoms with E-state index in [4.69, 9.17) is 11.5 Å². The lowest BCUT2D eigenvalue weighted by Gasteiger charge is -2.13. The van der Waals surface area contributed by atoms with Crippen molar-refractivity contribution in [3.05, 3.63) is 95.2 Å². The minimum atomic E-state index is -4.40. The second kappa shape index (κ2) is 17.4. The van der Waals surface area contributed by atoms with Gasteiger partial charge < -0.3 is 22.5 Å². The number of hydrogen-bond acceptors (Lipinski definition) is 4. The van der Waals surface area contributed by atoms with Crippen LogP contribution in [0.15, 0.2) is 78.5 Å². The molecule has 0 atom stereocenters. The van der Waals surface area contributed by atoms with Crippen LogP contribution in [0, 0.1) is 0 Å². The van der Waals surface area contributed by atoms with Gasteiger partial charge in [-0.05, 0) is 55.3 Å². The van der Waals surface area contributed by atoms with Gasteiger partial charge in [-0.1, -0.05) is 69.3 Å². The molecule has 2 aromatic carbocycles. The fourth-order valence-corrected chi connectivity index (χ4v) is 2.99. The quantitative estimate of drug-likeness (QED) is 0.267. The molecule has 0 heterocycles. The van der Waals surface area contributed by atoms with Gasteiger partial charge in [0.1, 0.15) is 0 Å². The van der Waals surface area contributed by atoms with Crippen molar-refractivity contribution in [2.45, 2.75) is 39.8 Å². The summed E-state index contributed by atoms with van der Waals surface area (Å²) >= 11 is 0. The summed E-state index contributed by atoms with van der Waals surface area (Å²) in [5.74, 6) is 0. The maximum atomic E-state index is 13.4. The van der Waals surface area contributed by atoms with Gasteiger partial charge in [0, 0.05) is 30.0 Å². The van der Waals surface area contributed by atoms with Crippen LogP contribution in [-0.2, 0) is 12.6 Å². The minimum absolute atomic E-state index is 0.123. The van der Waals surface area contributed by atoms with Gasteiger partial charge in [0.25, 0.3) is 0 Å². The zero-order chi connectivity index (χ0) is 26.0. The Morgan fingerprint density at radius 1 is 1.00 bits per heavy atom. The first kappa shape index (κ1) is 31.0. The fraction of sp³-hybridized carbons (Fsp3) is 0.333. The number of halogens is 3. The highest BCUT2D eigenvalue weighted by Gasteiger charge is 2.32. The molecular weight excluding hydrogens is 437 g/mol. The number of hydrogen-bond donors (Lipinski definition) is 4. The fourth-order valence-electron chi connectivity index (χ4n) is 2.99. The number of nitrogen functional groups attached to an aromatic ring is 1. The predicted molar refractivity (Wildman–Crippen MR) is 140 cm³/mol. The van der Waals surface area contributed by atoms with E-state index < -0.39 is 11.7 Å². The number of benzene rings is 2. The first-order valence-electron chi connectivity index (χ1n) is 11.5. The van der Waals surface area contributed by atoms with E-state index in [9.17, 15) is 13.2 Å². The minimum Gasteiger partial charge on any atom is -0.398 e. The van der Waals surface area contributed by atoms with Crippen LogP contribution in [0.3, 0.4) is 0 Å². The van der Waals surface area contributed by atoms with E-state index in [1.54, 1.807) is 18.2 Å². The molecule has 0 aliphatic rings. The summed E-state index contributed by atoms with van der Waals surface area (Å²) in [6.07, 6.45) is 4.01. The van der Waals surface area contributed by atoms with Crippen LogP contribution in [0.5, 0.6) is 0 Å². The van der Waals surface area contributed by atoms with Crippen molar-refractivity contribution in [3.63, 3.8) is 0 Å². The van der Waals surface area contributed by atoms with Crippen LogP contribution in [-0.4, -0.2) is 20.1 Å². The first-order valence-corrected chi connectivity index (χ1v) is 11.5. The first-order chi connectivity index (χ1) is 16.4. The van der Waals surface area contributed by atoms with Crippen LogP contribution in [0.2, 0.25) is 0 Å². The molecule has 0 aromatic heterocycles. The third-order valence-corrected chi connectivity index (χ3v) is 4.46. The Bertz CT molecular complexity index is 916. The summed E-state index contributed by atoms with van der Waals surface area (Å²) in [4.78, 5) is 0. The van der Waals surface area contributed by atoms with Gasteiger partial charge in [0.05, 0.1) is 5.56 Å². The molecule has 0 amide bonds. The highest BCUT2D eigenvalue weighted by atomic mass is 19.4. The van der Waals surface area contributed by atoms with Gasteiger partial charge in [-0.2, -0.15) is 13.2 Å². The SMILES string of the molecule is CC.CCCNC(/C=C\CN)=C\C(=C\Cc1ccccc1C(F)(F)F)c1ccccc1N.CN. The van der Waals surface area contributed by atoms with Crippen LogP contribution in [0.4, 0.5) is 18.9 Å². The maximum Gasteiger partial charge on any atom is 0.416 e. The number of nitrogens with two attached hydrogens (primary N) is 3. The van der Waals surface area contributed by atoms with Gasteiger partial charge in [-0.3, -0.25) is 0 Å². The normalized spacial score (nSPS) is 11.9. The Morgan fingerprint density at radius 3 is 2.21 bits per heavy atom. The van der Waals surface area contributed by atoms with E-state index in [0.717, 1.165) is 35.9 Å². The maximum absolute atomic E-state index is 13.4. The Kier molecular flexibility index (Phi) is 15.9. The van der Waals surface area contributed by atoms with Gasteiger partial charge >= 0.3 is 6.18 Å². The van der Waals surface area contributed by atoms with Crippen LogP contribution in [0.1, 0.15) is 43.9 Å². The number of rotatable bonds is 9. The Balaban J connectivity index is 0.00000258. The van der Waals surface area contributed by atoms with Gasteiger partial charge in [-0.25, -0.2) is 0 Å². The Morgan fingerprint density at radius 2 is 1.62 bits per heavy atom. The molecule has 0 saturated carbocycles. The van der Waals surface area contributed by atoms with Crippen molar-refractivity contribution < 1.29 is 13.2 Å². The number of anilines is 1. The number of para-hydroxylation sites is 1. The lowest BCUT2D eigenvalue weighted by Crippen LogP contribution is -2.13. The summed E-state index contributed by atoms with van der Waals surface area (Å²) in [7, 11) is 1.50. The molecule has 188 valence electrons. The highest BCUT2D eigenvalue weighted by molar-refractivity contribution is 5.82. The summed E-state index contributed by atoms with van der Waals surface area (Å²) in [6.45, 7) is 7.20. The zero-order valence-corrected chi connectivity index (χ0v) is 20.6. The molecule has 0 spiro atoms. The largest absolute Gasteiger partial charge is 0.416 e. The average molecular weight is 477 g/mol. The van der Waals surface area contributed by atoms with Gasteiger partial charge in [0.15, 0.2) is 0 Å². The van der Waals surface area contributed by atoms with Gasteiger partial charge in [-0.15, -0.1) is 0 Å². The molecule has 0 radical (unpaired) electrons. The molecule has 0 saturated heterocycles. The Labute approximate surface area is 202 Å². The molecule has 0 fully saturated rings. The van der Waals surface area contributed by atoms with E-state index in [-0.39, 0.29) is 12.0 Å². The van der Waals surface area contributed by atoms with E-state index in [0.29, 0.717) is 12.2 Å². The van der Waals surface area contributed by atoms with Crippen molar-refractivity contribution in [1.29, 1.82) is 0 Å². The van der Waals surface area contributed by atoms with Crippen molar-refractivity contribution in [2.75, 3.05) is 25.9 Å². The van der Waals surface area contributed by atoms with E-state index >= 15 is 0 Å². The molecule has 7 heteroatoms. The number of alkyl halides is 3. The molecule has 0 unspecified atom stereocenters. The standard InChI is InChI=1S/C24H28F3N3.C2H6.CH5N/c1-2-16-30-20(9-7-15-28)17-19(21-10-4-6-12-23(21)29)14-13-18-8-3-5-11-22(18)24(25,26)27;2*1-2/h3-12,14,17,30H,2,13,15-16,28-29H2,1H3;1-2H3;2H2,1H3/b9-7-,19-14-,20-17-;;. The van der Waals surface area contributed by atoms with Crippen molar-refractivity contribution >= 4 is 11.3 Å².